The van der Waals surface area contributed by atoms with Gasteiger partial charge in [-0.1, -0.05) is 0 Å². The van der Waals surface area contributed by atoms with E-state index in [1.165, 1.54) is 12.1 Å². The lowest BCUT2D eigenvalue weighted by atomic mass is 10.1. The van der Waals surface area contributed by atoms with Gasteiger partial charge in [0.1, 0.15) is 5.88 Å². The molecule has 0 aromatic heterocycles. The van der Waals surface area contributed by atoms with Crippen molar-refractivity contribution in [2.45, 2.75) is 18.7 Å². The van der Waals surface area contributed by atoms with E-state index in [9.17, 15) is 13.2 Å². The van der Waals surface area contributed by atoms with Crippen molar-refractivity contribution >= 4 is 33.2 Å². The molecule has 0 atom stereocenters. The highest BCUT2D eigenvalue weighted by Crippen LogP contribution is 2.23. The minimum atomic E-state index is -3.79. The van der Waals surface area contributed by atoms with E-state index in [0.717, 1.165) is 11.1 Å². The number of nitrogens with one attached hydrogen (secondary N) is 1. The molecule has 94 valence electrons. The molecule has 3 N–H and O–H groups in total. The van der Waals surface area contributed by atoms with Gasteiger partial charge in [0.2, 0.25) is 15.9 Å². The molecule has 1 amide bonds. The molecule has 5 nitrogen and oxygen atoms in total. The van der Waals surface area contributed by atoms with Crippen molar-refractivity contribution in [2.24, 2.45) is 5.14 Å². The van der Waals surface area contributed by atoms with Gasteiger partial charge in [-0.15, -0.1) is 11.6 Å². The third-order valence-electron chi connectivity index (χ3n) is 2.36. The molecule has 0 spiro atoms. The van der Waals surface area contributed by atoms with Gasteiger partial charge in [-0.2, -0.15) is 0 Å². The van der Waals surface area contributed by atoms with Crippen LogP contribution in [0.25, 0.3) is 0 Å². The molecule has 0 fully saturated rings. The lowest BCUT2D eigenvalue weighted by Gasteiger charge is -2.11. The van der Waals surface area contributed by atoms with Gasteiger partial charge in [0.25, 0.3) is 0 Å². The summed E-state index contributed by atoms with van der Waals surface area (Å²) >= 11 is 5.37. The van der Waals surface area contributed by atoms with E-state index in [0.29, 0.717) is 5.69 Å². The Morgan fingerprint density at radius 3 is 2.47 bits per heavy atom. The van der Waals surface area contributed by atoms with Crippen LogP contribution in [0, 0.1) is 13.8 Å². The number of alkyl halides is 1. The van der Waals surface area contributed by atoms with Gasteiger partial charge >= 0.3 is 0 Å². The minimum Gasteiger partial charge on any atom is -0.325 e. The number of aryl methyl sites for hydroxylation is 1. The predicted molar refractivity (Wildman–Crippen MR) is 66.6 cm³/mol. The van der Waals surface area contributed by atoms with Crippen molar-refractivity contribution in [3.8, 4) is 0 Å². The summed E-state index contributed by atoms with van der Waals surface area (Å²) in [4.78, 5) is 11.1. The van der Waals surface area contributed by atoms with Crippen LogP contribution in [0.5, 0.6) is 0 Å². The van der Waals surface area contributed by atoms with Crippen LogP contribution >= 0.6 is 11.6 Å². The Kier molecular flexibility index (Phi) is 4.13. The molecule has 0 radical (unpaired) electrons. The monoisotopic (exact) mass is 276 g/mol. The normalized spacial score (nSPS) is 11.3. The van der Waals surface area contributed by atoms with Crippen molar-refractivity contribution in [1.82, 2.24) is 0 Å². The van der Waals surface area contributed by atoms with Gasteiger partial charge in [-0.05, 0) is 37.1 Å². The second-order valence-corrected chi connectivity index (χ2v) is 5.47. The average Bonchev–Trinajstić information content (AvgIpc) is 2.22. The molecule has 1 aromatic carbocycles. The van der Waals surface area contributed by atoms with E-state index in [1.807, 2.05) is 0 Å². The smallest absolute Gasteiger partial charge is 0.239 e. The lowest BCUT2D eigenvalue weighted by Crippen LogP contribution is -2.16. The summed E-state index contributed by atoms with van der Waals surface area (Å²) < 4.78 is 22.5. The van der Waals surface area contributed by atoms with E-state index in [2.05, 4.69) is 5.32 Å². The molecule has 17 heavy (non-hydrogen) atoms. The Hall–Kier alpha value is -1.11. The largest absolute Gasteiger partial charge is 0.325 e. The van der Waals surface area contributed by atoms with Crippen LogP contribution in [0.3, 0.4) is 0 Å². The molecular weight excluding hydrogens is 264 g/mol. The van der Waals surface area contributed by atoms with Crippen LogP contribution in [0.1, 0.15) is 11.1 Å². The molecule has 1 aromatic rings. The van der Waals surface area contributed by atoms with E-state index < -0.39 is 15.9 Å². The fraction of sp³-hybridized carbons (Fsp3) is 0.300. The van der Waals surface area contributed by atoms with Crippen molar-refractivity contribution in [2.75, 3.05) is 11.2 Å². The predicted octanol–water partition coefficient (Wildman–Crippen LogP) is 1.13. The maximum atomic E-state index is 11.2. The standard InChI is InChI=1S/C10H13ClN2O3S/c1-6-3-8(17(12,15)16)4-9(7(6)2)13-10(14)5-11/h3-4H,5H2,1-2H3,(H,13,14)(H2,12,15,16). The highest BCUT2D eigenvalue weighted by atomic mass is 35.5. The molecule has 0 unspecified atom stereocenters. The van der Waals surface area contributed by atoms with Crippen LogP contribution < -0.4 is 10.5 Å². The van der Waals surface area contributed by atoms with Crippen molar-refractivity contribution < 1.29 is 13.2 Å². The van der Waals surface area contributed by atoms with Crippen LogP contribution in [0.15, 0.2) is 17.0 Å². The van der Waals surface area contributed by atoms with Gasteiger partial charge in [-0.3, -0.25) is 4.79 Å². The van der Waals surface area contributed by atoms with Gasteiger partial charge in [0.15, 0.2) is 0 Å². The quantitative estimate of drug-likeness (QED) is 0.811. The molecule has 0 heterocycles. The second kappa shape index (κ2) is 5.03. The van der Waals surface area contributed by atoms with E-state index in [-0.39, 0.29) is 10.8 Å². The van der Waals surface area contributed by atoms with Crippen LogP contribution in [-0.2, 0) is 14.8 Å². The molecule has 1 rings (SSSR count). The SMILES string of the molecule is Cc1cc(S(N)(=O)=O)cc(NC(=O)CCl)c1C. The number of sulfonamides is 1. The summed E-state index contributed by atoms with van der Waals surface area (Å²) in [6, 6.07) is 2.78. The number of hydrogen-bond donors (Lipinski definition) is 2. The molecule has 0 bridgehead atoms. The average molecular weight is 277 g/mol. The zero-order valence-electron chi connectivity index (χ0n) is 9.45. The zero-order chi connectivity index (χ0) is 13.2. The Labute approximate surface area is 105 Å². The van der Waals surface area contributed by atoms with Crippen LogP contribution in [-0.4, -0.2) is 20.2 Å². The third kappa shape index (κ3) is 3.42. The molecule has 0 saturated heterocycles. The van der Waals surface area contributed by atoms with Crippen molar-refractivity contribution in [3.63, 3.8) is 0 Å². The number of benzene rings is 1. The van der Waals surface area contributed by atoms with Gasteiger partial charge in [-0.25, -0.2) is 13.6 Å². The Morgan fingerprint density at radius 1 is 1.41 bits per heavy atom. The summed E-state index contributed by atoms with van der Waals surface area (Å²) in [5.74, 6) is -0.598. The number of halogens is 1. The maximum absolute atomic E-state index is 11.2. The molecule has 0 aliphatic carbocycles. The first-order valence-electron chi connectivity index (χ1n) is 4.75. The Balaban J connectivity index is 3.30. The Bertz CT molecular complexity index is 555. The van der Waals surface area contributed by atoms with Gasteiger partial charge < -0.3 is 5.32 Å². The van der Waals surface area contributed by atoms with E-state index in [1.54, 1.807) is 13.8 Å². The fourth-order valence-electron chi connectivity index (χ4n) is 1.30. The topological polar surface area (TPSA) is 89.3 Å². The van der Waals surface area contributed by atoms with E-state index in [4.69, 9.17) is 16.7 Å². The number of carbonyl (C=O) groups is 1. The molecule has 0 aliphatic heterocycles. The summed E-state index contributed by atoms with van der Waals surface area (Å²) in [7, 11) is -3.79. The molecule has 0 saturated carbocycles. The zero-order valence-corrected chi connectivity index (χ0v) is 11.0. The summed E-state index contributed by atoms with van der Waals surface area (Å²) in [5.41, 5.74) is 1.90. The first kappa shape index (κ1) is 14.0. The summed E-state index contributed by atoms with van der Waals surface area (Å²) in [6.07, 6.45) is 0. The van der Waals surface area contributed by atoms with Gasteiger partial charge in [0, 0.05) is 5.69 Å². The Morgan fingerprint density at radius 2 is 2.00 bits per heavy atom. The fourth-order valence-corrected chi connectivity index (χ4v) is 1.99. The first-order valence-corrected chi connectivity index (χ1v) is 6.83. The number of nitrogens with two attached hydrogens (primary N) is 1. The van der Waals surface area contributed by atoms with Crippen molar-refractivity contribution in [3.05, 3.63) is 23.3 Å². The number of anilines is 1. The third-order valence-corrected chi connectivity index (χ3v) is 3.50. The second-order valence-electron chi connectivity index (χ2n) is 3.64. The highest BCUT2D eigenvalue weighted by Gasteiger charge is 2.13. The minimum absolute atomic E-state index is 0.0366. The number of amides is 1. The van der Waals surface area contributed by atoms with Crippen LogP contribution in [0.2, 0.25) is 0 Å². The van der Waals surface area contributed by atoms with E-state index >= 15 is 0 Å². The number of carbonyl (C=O) groups excluding carboxylic acids is 1. The molecule has 0 aliphatic rings. The highest BCUT2D eigenvalue weighted by molar-refractivity contribution is 7.89. The summed E-state index contributed by atoms with van der Waals surface area (Å²) in [5, 5.41) is 7.56. The summed E-state index contributed by atoms with van der Waals surface area (Å²) in [6.45, 7) is 3.51. The molecular formula is C10H13ClN2O3S. The number of rotatable bonds is 3. The molecule has 7 heteroatoms. The number of primary sulfonamides is 1. The van der Waals surface area contributed by atoms with Crippen molar-refractivity contribution in [1.29, 1.82) is 0 Å². The lowest BCUT2D eigenvalue weighted by molar-refractivity contribution is -0.113. The first-order chi connectivity index (χ1) is 7.75. The van der Waals surface area contributed by atoms with Gasteiger partial charge in [0.05, 0.1) is 4.90 Å². The number of hydrogen-bond acceptors (Lipinski definition) is 3. The maximum Gasteiger partial charge on any atom is 0.239 e. The van der Waals surface area contributed by atoms with Crippen LogP contribution in [0.4, 0.5) is 5.69 Å².